The standard InChI is InChI=1S/C12H15BrN2O4S/c13-11-2-1-10(12(5-11)15(16)17)7-14-6-9-3-4-20(18,19)8-9/h1-2,5,9,14H,3-4,6-8H2. The molecule has 1 unspecified atom stereocenters. The van der Waals surface area contributed by atoms with Gasteiger partial charge in [0.05, 0.1) is 16.4 Å². The summed E-state index contributed by atoms with van der Waals surface area (Å²) < 4.78 is 23.3. The Balaban J connectivity index is 1.93. The third kappa shape index (κ3) is 4.00. The Morgan fingerprint density at radius 2 is 2.20 bits per heavy atom. The number of benzene rings is 1. The van der Waals surface area contributed by atoms with Gasteiger partial charge in [0.1, 0.15) is 0 Å². The van der Waals surface area contributed by atoms with Gasteiger partial charge in [-0.1, -0.05) is 15.9 Å². The second-order valence-corrected chi connectivity index (χ2v) is 8.07. The highest BCUT2D eigenvalue weighted by Gasteiger charge is 2.27. The van der Waals surface area contributed by atoms with Crippen molar-refractivity contribution in [3.63, 3.8) is 0 Å². The summed E-state index contributed by atoms with van der Waals surface area (Å²) in [6, 6.07) is 4.92. The molecule has 0 radical (unpaired) electrons. The average Bonchev–Trinajstić information content (AvgIpc) is 2.70. The zero-order valence-corrected chi connectivity index (χ0v) is 13.1. The molecule has 1 saturated heterocycles. The van der Waals surface area contributed by atoms with Crippen LogP contribution in [-0.4, -0.2) is 31.4 Å². The van der Waals surface area contributed by atoms with E-state index in [0.29, 0.717) is 29.5 Å². The Morgan fingerprint density at radius 3 is 2.80 bits per heavy atom. The number of nitro benzene ring substituents is 1. The highest BCUT2D eigenvalue weighted by Crippen LogP contribution is 2.24. The molecule has 20 heavy (non-hydrogen) atoms. The lowest BCUT2D eigenvalue weighted by atomic mass is 10.1. The minimum absolute atomic E-state index is 0.0610. The van der Waals surface area contributed by atoms with Crippen molar-refractivity contribution in [3.8, 4) is 0 Å². The van der Waals surface area contributed by atoms with E-state index in [-0.39, 0.29) is 23.1 Å². The summed E-state index contributed by atoms with van der Waals surface area (Å²) in [5.74, 6) is 0.565. The SMILES string of the molecule is O=[N+]([O-])c1cc(Br)ccc1CNCC1CCS(=O)(=O)C1. The lowest BCUT2D eigenvalue weighted by Gasteiger charge is -2.10. The number of rotatable bonds is 5. The monoisotopic (exact) mass is 362 g/mol. The first-order valence-corrected chi connectivity index (χ1v) is 8.83. The maximum absolute atomic E-state index is 11.3. The maximum atomic E-state index is 11.3. The van der Waals surface area contributed by atoms with E-state index in [1.165, 1.54) is 6.07 Å². The van der Waals surface area contributed by atoms with Gasteiger partial charge >= 0.3 is 0 Å². The summed E-state index contributed by atoms with van der Waals surface area (Å²) in [6.07, 6.45) is 0.664. The number of sulfone groups is 1. The van der Waals surface area contributed by atoms with Crippen LogP contribution in [-0.2, 0) is 16.4 Å². The van der Waals surface area contributed by atoms with Crippen LogP contribution in [0.25, 0.3) is 0 Å². The first-order chi connectivity index (χ1) is 9.37. The minimum Gasteiger partial charge on any atom is -0.312 e. The fourth-order valence-electron chi connectivity index (χ4n) is 2.30. The molecule has 1 fully saturated rings. The molecular weight excluding hydrogens is 348 g/mol. The number of nitrogens with one attached hydrogen (secondary N) is 1. The molecule has 6 nitrogen and oxygen atoms in total. The van der Waals surface area contributed by atoms with Crippen molar-refractivity contribution in [1.82, 2.24) is 5.32 Å². The summed E-state index contributed by atoms with van der Waals surface area (Å²) >= 11 is 3.21. The van der Waals surface area contributed by atoms with Gasteiger partial charge in [-0.25, -0.2) is 8.42 Å². The molecule has 8 heteroatoms. The van der Waals surface area contributed by atoms with Crippen LogP contribution in [0.5, 0.6) is 0 Å². The molecule has 0 aromatic heterocycles. The highest BCUT2D eigenvalue weighted by atomic mass is 79.9. The summed E-state index contributed by atoms with van der Waals surface area (Å²) in [6.45, 7) is 0.923. The number of hydrogen-bond acceptors (Lipinski definition) is 5. The van der Waals surface area contributed by atoms with Crippen LogP contribution in [0.1, 0.15) is 12.0 Å². The number of nitro groups is 1. The molecule has 1 atom stereocenters. The predicted octanol–water partition coefficient (Wildman–Crippen LogP) is 1.88. The van der Waals surface area contributed by atoms with Gasteiger partial charge in [-0.3, -0.25) is 10.1 Å². The van der Waals surface area contributed by atoms with Crippen molar-refractivity contribution in [2.45, 2.75) is 13.0 Å². The van der Waals surface area contributed by atoms with E-state index < -0.39 is 14.8 Å². The molecule has 1 aliphatic rings. The van der Waals surface area contributed by atoms with Crippen molar-refractivity contribution >= 4 is 31.5 Å². The first-order valence-electron chi connectivity index (χ1n) is 6.21. The van der Waals surface area contributed by atoms with E-state index >= 15 is 0 Å². The lowest BCUT2D eigenvalue weighted by Crippen LogP contribution is -2.23. The zero-order valence-electron chi connectivity index (χ0n) is 10.7. The smallest absolute Gasteiger partial charge is 0.275 e. The minimum atomic E-state index is -2.87. The van der Waals surface area contributed by atoms with Gasteiger partial charge in [0, 0.05) is 22.6 Å². The Morgan fingerprint density at radius 1 is 1.45 bits per heavy atom. The predicted molar refractivity (Wildman–Crippen MR) is 79.3 cm³/mol. The molecule has 1 aromatic rings. The second kappa shape index (κ2) is 6.19. The van der Waals surface area contributed by atoms with E-state index in [1.54, 1.807) is 12.1 Å². The Bertz CT molecular complexity index is 618. The Kier molecular flexibility index (Phi) is 4.77. The number of hydrogen-bond donors (Lipinski definition) is 1. The van der Waals surface area contributed by atoms with Crippen molar-refractivity contribution in [2.24, 2.45) is 5.92 Å². The van der Waals surface area contributed by atoms with Crippen LogP contribution in [0.15, 0.2) is 22.7 Å². The number of nitrogens with zero attached hydrogens (tertiary/aromatic N) is 1. The average molecular weight is 363 g/mol. The summed E-state index contributed by atoms with van der Waals surface area (Å²) in [5.41, 5.74) is 0.657. The van der Waals surface area contributed by atoms with E-state index in [9.17, 15) is 18.5 Å². The van der Waals surface area contributed by atoms with Crippen LogP contribution in [0.4, 0.5) is 5.69 Å². The molecule has 0 bridgehead atoms. The van der Waals surface area contributed by atoms with Crippen molar-refractivity contribution in [3.05, 3.63) is 38.3 Å². The van der Waals surface area contributed by atoms with Crippen LogP contribution < -0.4 is 5.32 Å². The zero-order chi connectivity index (χ0) is 14.8. The fraction of sp³-hybridized carbons (Fsp3) is 0.500. The van der Waals surface area contributed by atoms with Crippen LogP contribution in [0.2, 0.25) is 0 Å². The van der Waals surface area contributed by atoms with Gasteiger partial charge in [0.25, 0.3) is 5.69 Å². The molecule has 2 rings (SSSR count). The van der Waals surface area contributed by atoms with Gasteiger partial charge in [0.2, 0.25) is 0 Å². The third-order valence-corrected chi connectivity index (χ3v) is 5.65. The molecule has 1 aliphatic heterocycles. The normalized spacial score (nSPS) is 20.9. The quantitative estimate of drug-likeness (QED) is 0.637. The summed E-state index contributed by atoms with van der Waals surface area (Å²) in [7, 11) is -2.87. The molecular formula is C12H15BrN2O4S. The lowest BCUT2D eigenvalue weighted by molar-refractivity contribution is -0.385. The maximum Gasteiger partial charge on any atom is 0.275 e. The molecule has 1 aromatic carbocycles. The van der Waals surface area contributed by atoms with Gasteiger partial charge in [-0.15, -0.1) is 0 Å². The summed E-state index contributed by atoms with van der Waals surface area (Å²) in [5, 5.41) is 14.1. The molecule has 0 saturated carbocycles. The van der Waals surface area contributed by atoms with E-state index in [2.05, 4.69) is 21.2 Å². The molecule has 1 N–H and O–H groups in total. The van der Waals surface area contributed by atoms with E-state index in [4.69, 9.17) is 0 Å². The number of halogens is 1. The second-order valence-electron chi connectivity index (χ2n) is 4.93. The van der Waals surface area contributed by atoms with Gasteiger partial charge in [-0.2, -0.15) is 0 Å². The van der Waals surface area contributed by atoms with Gasteiger partial charge < -0.3 is 5.32 Å². The molecule has 0 aliphatic carbocycles. The highest BCUT2D eigenvalue weighted by molar-refractivity contribution is 9.10. The molecule has 0 spiro atoms. The molecule has 1 heterocycles. The molecule has 0 amide bonds. The van der Waals surface area contributed by atoms with Crippen molar-refractivity contribution in [2.75, 3.05) is 18.1 Å². The Labute approximate surface area is 125 Å². The first kappa shape index (κ1) is 15.4. The molecule has 110 valence electrons. The summed E-state index contributed by atoms with van der Waals surface area (Å²) in [4.78, 5) is 10.5. The van der Waals surface area contributed by atoms with Gasteiger partial charge in [-0.05, 0) is 31.0 Å². The van der Waals surface area contributed by atoms with Crippen molar-refractivity contribution < 1.29 is 13.3 Å². The van der Waals surface area contributed by atoms with E-state index in [1.807, 2.05) is 0 Å². The van der Waals surface area contributed by atoms with E-state index in [0.717, 1.165) is 0 Å². The topological polar surface area (TPSA) is 89.3 Å². The van der Waals surface area contributed by atoms with Gasteiger partial charge in [0.15, 0.2) is 9.84 Å². The fourth-order valence-corrected chi connectivity index (χ4v) is 4.51. The largest absolute Gasteiger partial charge is 0.312 e. The Hall–Kier alpha value is -0.990. The van der Waals surface area contributed by atoms with Crippen LogP contribution in [0.3, 0.4) is 0 Å². The van der Waals surface area contributed by atoms with Crippen molar-refractivity contribution in [1.29, 1.82) is 0 Å². The third-order valence-electron chi connectivity index (χ3n) is 3.32. The van der Waals surface area contributed by atoms with Crippen LogP contribution in [0, 0.1) is 16.0 Å². The van der Waals surface area contributed by atoms with Crippen LogP contribution >= 0.6 is 15.9 Å².